The molecule has 3 rings (SSSR count). The molecular weight excluding hydrogens is 393 g/mol. The van der Waals surface area contributed by atoms with Gasteiger partial charge in [-0.3, -0.25) is 14.6 Å². The first kappa shape index (κ1) is 21.6. The molecule has 0 spiro atoms. The van der Waals surface area contributed by atoms with Crippen LogP contribution < -0.4 is 10.1 Å². The fourth-order valence-electron chi connectivity index (χ4n) is 3.47. The number of amides is 1. The maximum Gasteiger partial charge on any atom is 0.241 e. The molecule has 1 aliphatic rings. The number of nitrogens with one attached hydrogen (secondary N) is 1. The third-order valence-corrected chi connectivity index (χ3v) is 5.58. The zero-order chi connectivity index (χ0) is 20.8. The minimum atomic E-state index is -0.277. The summed E-state index contributed by atoms with van der Waals surface area (Å²) in [5.74, 6) is 0.325. The second-order valence-electron chi connectivity index (χ2n) is 7.11. The smallest absolute Gasteiger partial charge is 0.241 e. The van der Waals surface area contributed by atoms with Crippen molar-refractivity contribution in [2.75, 3.05) is 38.1 Å². The summed E-state index contributed by atoms with van der Waals surface area (Å²) in [6, 6.07) is 11.9. The highest BCUT2D eigenvalue weighted by molar-refractivity contribution is 6.31. The molecule has 1 fully saturated rings. The lowest BCUT2D eigenvalue weighted by Gasteiger charge is -2.37. The lowest BCUT2D eigenvalue weighted by molar-refractivity contribution is -0.121. The Morgan fingerprint density at radius 3 is 2.59 bits per heavy atom. The van der Waals surface area contributed by atoms with Crippen LogP contribution in [0.4, 0.5) is 10.1 Å². The van der Waals surface area contributed by atoms with E-state index in [9.17, 15) is 9.18 Å². The molecule has 1 aliphatic heterocycles. The van der Waals surface area contributed by atoms with Gasteiger partial charge >= 0.3 is 0 Å². The number of para-hydroxylation sites is 2. The first-order chi connectivity index (χ1) is 14.0. The number of carbonyl (C=O) groups is 1. The molecule has 0 bridgehead atoms. The lowest BCUT2D eigenvalue weighted by Crippen LogP contribution is -2.52. The van der Waals surface area contributed by atoms with Gasteiger partial charge in [0.2, 0.25) is 5.91 Å². The number of carbonyl (C=O) groups excluding carboxylic acids is 1. The summed E-state index contributed by atoms with van der Waals surface area (Å²) in [6.07, 6.45) is 0. The van der Waals surface area contributed by atoms with Crippen LogP contribution in [-0.2, 0) is 11.3 Å². The van der Waals surface area contributed by atoms with Gasteiger partial charge in [-0.15, -0.1) is 0 Å². The van der Waals surface area contributed by atoms with Crippen molar-refractivity contribution in [2.24, 2.45) is 0 Å². The Balaban J connectivity index is 1.54. The summed E-state index contributed by atoms with van der Waals surface area (Å²) in [5, 5.41) is 3.42. The van der Waals surface area contributed by atoms with E-state index >= 15 is 0 Å². The van der Waals surface area contributed by atoms with Crippen molar-refractivity contribution in [3.63, 3.8) is 0 Å². The molecule has 1 saturated heterocycles. The molecule has 7 heteroatoms. The van der Waals surface area contributed by atoms with Gasteiger partial charge in [0.1, 0.15) is 11.6 Å². The highest BCUT2D eigenvalue weighted by atomic mass is 35.5. The van der Waals surface area contributed by atoms with Crippen molar-refractivity contribution in [1.82, 2.24) is 9.80 Å². The van der Waals surface area contributed by atoms with Crippen LogP contribution in [0.25, 0.3) is 0 Å². The van der Waals surface area contributed by atoms with Gasteiger partial charge in [-0.05, 0) is 38.1 Å². The van der Waals surface area contributed by atoms with E-state index in [4.69, 9.17) is 16.3 Å². The zero-order valence-electron chi connectivity index (χ0n) is 16.8. The first-order valence-electron chi connectivity index (χ1n) is 9.91. The highest BCUT2D eigenvalue weighted by Crippen LogP contribution is 2.25. The highest BCUT2D eigenvalue weighted by Gasteiger charge is 2.26. The predicted molar refractivity (Wildman–Crippen MR) is 114 cm³/mol. The third kappa shape index (κ3) is 5.47. The van der Waals surface area contributed by atoms with Gasteiger partial charge in [-0.25, -0.2) is 4.39 Å². The monoisotopic (exact) mass is 419 g/mol. The van der Waals surface area contributed by atoms with E-state index in [2.05, 4.69) is 15.1 Å². The number of nitrogens with zero attached hydrogens (tertiary/aromatic N) is 2. The average Bonchev–Trinajstić information content (AvgIpc) is 2.72. The summed E-state index contributed by atoms with van der Waals surface area (Å²) in [7, 11) is 0. The summed E-state index contributed by atoms with van der Waals surface area (Å²) < 4.78 is 19.6. The zero-order valence-corrected chi connectivity index (χ0v) is 17.6. The molecular formula is C22H27ClFN3O2. The summed E-state index contributed by atoms with van der Waals surface area (Å²) in [4.78, 5) is 17.0. The van der Waals surface area contributed by atoms with Crippen LogP contribution in [-0.4, -0.2) is 54.5 Å². The molecule has 29 heavy (non-hydrogen) atoms. The maximum absolute atomic E-state index is 14.0. The largest absolute Gasteiger partial charge is 0.492 e. The number of piperazine rings is 1. The molecule has 156 valence electrons. The van der Waals surface area contributed by atoms with Crippen molar-refractivity contribution < 1.29 is 13.9 Å². The molecule has 1 atom stereocenters. The van der Waals surface area contributed by atoms with Gasteiger partial charge in [0, 0.05) is 43.3 Å². The number of anilines is 1. The lowest BCUT2D eigenvalue weighted by atomic mass is 10.1. The van der Waals surface area contributed by atoms with Crippen LogP contribution in [0.2, 0.25) is 5.02 Å². The van der Waals surface area contributed by atoms with E-state index in [1.54, 1.807) is 12.1 Å². The van der Waals surface area contributed by atoms with Crippen molar-refractivity contribution in [3.8, 4) is 5.75 Å². The van der Waals surface area contributed by atoms with Crippen molar-refractivity contribution in [2.45, 2.75) is 26.4 Å². The summed E-state index contributed by atoms with van der Waals surface area (Å²) in [6.45, 7) is 7.78. The quantitative estimate of drug-likeness (QED) is 0.736. The molecule has 5 nitrogen and oxygen atoms in total. The first-order valence-corrected chi connectivity index (χ1v) is 10.3. The van der Waals surface area contributed by atoms with Crippen LogP contribution >= 0.6 is 11.6 Å². The van der Waals surface area contributed by atoms with Crippen LogP contribution in [0.3, 0.4) is 0 Å². The minimum Gasteiger partial charge on any atom is -0.492 e. The van der Waals surface area contributed by atoms with Gasteiger partial charge in [0.05, 0.1) is 18.3 Å². The second kappa shape index (κ2) is 10.1. The fourth-order valence-corrected chi connectivity index (χ4v) is 3.69. The molecule has 0 aliphatic carbocycles. The van der Waals surface area contributed by atoms with E-state index in [0.717, 1.165) is 26.2 Å². The standard InChI is InChI=1S/C22H27ClFN3O2/c1-3-29-21-10-5-4-9-20(21)25-22(28)16(2)27-13-11-26(12-14-27)15-17-18(23)7-6-8-19(17)24/h4-10,16H,3,11-15H2,1-2H3,(H,25,28). The normalized spacial score (nSPS) is 16.4. The Hall–Kier alpha value is -2.15. The van der Waals surface area contributed by atoms with E-state index in [-0.39, 0.29) is 17.8 Å². The Kier molecular flexibility index (Phi) is 7.47. The Morgan fingerprint density at radius 1 is 1.17 bits per heavy atom. The maximum atomic E-state index is 14.0. The molecule has 0 saturated carbocycles. The number of ether oxygens (including phenoxy) is 1. The Bertz CT molecular complexity index is 820. The van der Waals surface area contributed by atoms with Gasteiger partial charge in [-0.2, -0.15) is 0 Å². The van der Waals surface area contributed by atoms with Crippen molar-refractivity contribution in [1.29, 1.82) is 0 Å². The second-order valence-corrected chi connectivity index (χ2v) is 7.51. The van der Waals surface area contributed by atoms with Crippen molar-refractivity contribution >= 4 is 23.2 Å². The van der Waals surface area contributed by atoms with Gasteiger partial charge < -0.3 is 10.1 Å². The van der Waals surface area contributed by atoms with E-state index in [0.29, 0.717) is 35.2 Å². The van der Waals surface area contributed by atoms with Crippen molar-refractivity contribution in [3.05, 3.63) is 58.9 Å². The Labute approximate surface area is 176 Å². The molecule has 2 aromatic rings. The molecule has 1 N–H and O–H groups in total. The van der Waals surface area contributed by atoms with E-state index in [1.807, 2.05) is 38.1 Å². The molecule has 0 radical (unpaired) electrons. The molecule has 1 unspecified atom stereocenters. The summed E-state index contributed by atoms with van der Waals surface area (Å²) in [5.41, 5.74) is 1.21. The van der Waals surface area contributed by atoms with E-state index < -0.39 is 0 Å². The average molecular weight is 420 g/mol. The minimum absolute atomic E-state index is 0.0669. The SMILES string of the molecule is CCOc1ccccc1NC(=O)C(C)N1CCN(Cc2c(F)cccc2Cl)CC1. The number of hydrogen-bond donors (Lipinski definition) is 1. The van der Waals surface area contributed by atoms with Crippen LogP contribution in [0.5, 0.6) is 5.75 Å². The summed E-state index contributed by atoms with van der Waals surface area (Å²) >= 11 is 6.14. The number of hydrogen-bond acceptors (Lipinski definition) is 4. The molecule has 1 heterocycles. The van der Waals surface area contributed by atoms with Crippen LogP contribution in [0.1, 0.15) is 19.4 Å². The van der Waals surface area contributed by atoms with Gasteiger partial charge in [0.15, 0.2) is 0 Å². The molecule has 0 aromatic heterocycles. The van der Waals surface area contributed by atoms with Gasteiger partial charge in [-0.1, -0.05) is 29.8 Å². The van der Waals surface area contributed by atoms with Gasteiger partial charge in [0.25, 0.3) is 0 Å². The number of benzene rings is 2. The predicted octanol–water partition coefficient (Wildman–Crippen LogP) is 4.02. The Morgan fingerprint density at radius 2 is 1.90 bits per heavy atom. The molecule has 2 aromatic carbocycles. The van der Waals surface area contributed by atoms with E-state index in [1.165, 1.54) is 6.07 Å². The topological polar surface area (TPSA) is 44.8 Å². The van der Waals surface area contributed by atoms with Crippen LogP contribution in [0, 0.1) is 5.82 Å². The molecule has 1 amide bonds. The van der Waals surface area contributed by atoms with Crippen LogP contribution in [0.15, 0.2) is 42.5 Å². The number of rotatable bonds is 7. The third-order valence-electron chi connectivity index (χ3n) is 5.22. The fraction of sp³-hybridized carbons (Fsp3) is 0.409. The number of halogens is 2.